The Bertz CT molecular complexity index is 996. The van der Waals surface area contributed by atoms with Gasteiger partial charge in [-0.25, -0.2) is 4.99 Å². The normalized spacial score (nSPS) is 31.1. The van der Waals surface area contributed by atoms with Crippen molar-refractivity contribution >= 4 is 46.0 Å². The molecule has 22 heavy (non-hydrogen) atoms. The van der Waals surface area contributed by atoms with E-state index in [-0.39, 0.29) is 18.2 Å². The second-order valence-corrected chi connectivity index (χ2v) is 5.87. The highest BCUT2D eigenvalue weighted by Crippen LogP contribution is 2.38. The molecule has 4 nitrogen and oxygen atoms in total. The Morgan fingerprint density at radius 2 is 2.05 bits per heavy atom. The maximum absolute atomic E-state index is 8.41. The molecule has 1 fully saturated rings. The van der Waals surface area contributed by atoms with Crippen LogP contribution in [-0.4, -0.2) is 36.7 Å². The number of nitrogens with zero attached hydrogens (tertiary/aromatic N) is 2. The topological polar surface area (TPSA) is 39.7 Å². The third kappa shape index (κ3) is 2.72. The van der Waals surface area contributed by atoms with Crippen molar-refractivity contribution in [2.75, 3.05) is 31.3 Å². The van der Waals surface area contributed by atoms with Gasteiger partial charge < -0.3 is 15.5 Å². The second-order valence-electron chi connectivity index (χ2n) is 4.61. The van der Waals surface area contributed by atoms with E-state index in [1.54, 1.807) is 30.3 Å². The summed E-state index contributed by atoms with van der Waals surface area (Å²) in [6, 6.07) is 8.68. The molecule has 0 radical (unpaired) electrons. The van der Waals surface area contributed by atoms with E-state index in [0.717, 1.165) is 4.88 Å². The van der Waals surface area contributed by atoms with Gasteiger partial charge in [-0.15, -0.1) is 23.7 Å². The van der Waals surface area contributed by atoms with Crippen molar-refractivity contribution in [2.45, 2.75) is 6.92 Å². The molecule has 1 saturated heterocycles. The molecule has 0 atom stereocenters. The van der Waals surface area contributed by atoms with Crippen molar-refractivity contribution in [1.29, 1.82) is 0 Å². The highest BCUT2D eigenvalue weighted by molar-refractivity contribution is 7.16. The van der Waals surface area contributed by atoms with Crippen LogP contribution in [0.4, 0.5) is 16.4 Å². The zero-order valence-electron chi connectivity index (χ0n) is 19.6. The molecule has 0 spiro atoms. The van der Waals surface area contributed by atoms with Crippen LogP contribution >= 0.6 is 23.7 Å². The number of para-hydroxylation sites is 2. The summed E-state index contributed by atoms with van der Waals surface area (Å²) in [6.45, 7) is -9.85. The van der Waals surface area contributed by atoms with Crippen LogP contribution < -0.4 is 10.6 Å². The fourth-order valence-corrected chi connectivity index (χ4v) is 3.17. The van der Waals surface area contributed by atoms with E-state index in [9.17, 15) is 0 Å². The van der Waals surface area contributed by atoms with Gasteiger partial charge in [0.05, 0.1) is 22.4 Å². The van der Waals surface area contributed by atoms with E-state index in [4.69, 9.17) is 11.0 Å². The first-order valence-electron chi connectivity index (χ1n) is 10.4. The van der Waals surface area contributed by atoms with Crippen LogP contribution in [0.1, 0.15) is 21.4 Å². The lowest BCUT2D eigenvalue weighted by Crippen LogP contribution is -2.46. The minimum atomic E-state index is -2.95. The molecule has 0 aliphatic carbocycles. The lowest BCUT2D eigenvalue weighted by atomic mass is 10.2. The number of benzene rings is 1. The molecule has 2 aliphatic heterocycles. The summed E-state index contributed by atoms with van der Waals surface area (Å²) in [6.07, 6.45) is 0. The van der Waals surface area contributed by atoms with Crippen molar-refractivity contribution in [2.24, 2.45) is 4.99 Å². The summed E-state index contributed by atoms with van der Waals surface area (Å²) in [7, 11) is 0. The molecule has 2 aromatic rings. The highest BCUT2D eigenvalue weighted by Gasteiger charge is 2.24. The first-order valence-corrected chi connectivity index (χ1v) is 7.25. The second kappa shape index (κ2) is 6.28. The zero-order chi connectivity index (χ0) is 21.4. The Labute approximate surface area is 151 Å². The predicted octanol–water partition coefficient (Wildman–Crippen LogP) is 3.52. The summed E-state index contributed by atoms with van der Waals surface area (Å²) in [5.74, 6) is -0.175. The lowest BCUT2D eigenvalue weighted by Gasteiger charge is -2.30. The molecular weight excluding hydrogens is 316 g/mol. The number of amidine groups is 1. The minimum absolute atomic E-state index is 0. The number of aliphatic imine (C=N–C) groups is 1. The predicted molar refractivity (Wildman–Crippen MR) is 96.7 cm³/mol. The van der Waals surface area contributed by atoms with Gasteiger partial charge in [-0.1, -0.05) is 12.1 Å². The van der Waals surface area contributed by atoms with E-state index < -0.39 is 26.0 Å². The Kier molecular flexibility index (Phi) is 2.38. The SMILES string of the molecule is Cl.[2H]C1([2H])NC([2H])([2H])C([2H])([2H])N(C2=Nc3ccccc3Nc3sc(C)cc32)C1([2H])[2H]. The van der Waals surface area contributed by atoms with Gasteiger partial charge in [-0.05, 0) is 25.1 Å². The standard InChI is InChI=1S/C16H18N4S.ClH/c1-11-10-12-15(20-8-6-17-7-9-20)18-13-4-2-3-5-14(13)19-16(12)21-11;/h2-5,10,17,19H,6-9H2,1H3;1H/i6D2,7D2,8D2,9D2;. The molecule has 0 saturated carbocycles. The van der Waals surface area contributed by atoms with Gasteiger partial charge in [0.25, 0.3) is 0 Å². The lowest BCUT2D eigenvalue weighted by molar-refractivity contribution is 0.358. The molecule has 1 aromatic carbocycles. The van der Waals surface area contributed by atoms with Gasteiger partial charge in [0.15, 0.2) is 0 Å². The van der Waals surface area contributed by atoms with E-state index >= 15 is 0 Å². The fourth-order valence-electron chi connectivity index (χ4n) is 2.25. The van der Waals surface area contributed by atoms with Crippen molar-refractivity contribution in [3.63, 3.8) is 0 Å². The smallest absolute Gasteiger partial charge is 0.139 e. The van der Waals surface area contributed by atoms with Crippen LogP contribution in [0.3, 0.4) is 0 Å². The van der Waals surface area contributed by atoms with Crippen LogP contribution in [0, 0.1) is 6.92 Å². The molecule has 2 N–H and O–H groups in total. The number of anilines is 2. The van der Waals surface area contributed by atoms with Crippen LogP contribution in [-0.2, 0) is 0 Å². The molecule has 0 unspecified atom stereocenters. The van der Waals surface area contributed by atoms with E-state index in [2.05, 4.69) is 10.3 Å². The molecule has 3 heterocycles. The molecule has 116 valence electrons. The molecule has 1 aromatic heterocycles. The van der Waals surface area contributed by atoms with Crippen LogP contribution in [0.2, 0.25) is 0 Å². The van der Waals surface area contributed by atoms with Crippen LogP contribution in [0.25, 0.3) is 0 Å². The number of aryl methyl sites for hydroxylation is 1. The first-order chi connectivity index (χ1) is 13.3. The van der Waals surface area contributed by atoms with Crippen molar-refractivity contribution in [1.82, 2.24) is 10.2 Å². The summed E-state index contributed by atoms with van der Waals surface area (Å²) >= 11 is 1.37. The van der Waals surface area contributed by atoms with Crippen LogP contribution in [0.5, 0.6) is 0 Å². The van der Waals surface area contributed by atoms with Gasteiger partial charge in [0.2, 0.25) is 0 Å². The number of halogens is 1. The quantitative estimate of drug-likeness (QED) is 0.769. The number of hydrogen-bond donors (Lipinski definition) is 2. The number of hydrogen-bond acceptors (Lipinski definition) is 5. The number of thiophene rings is 1. The van der Waals surface area contributed by atoms with Gasteiger partial charge >= 0.3 is 0 Å². The average molecular weight is 343 g/mol. The van der Waals surface area contributed by atoms with Gasteiger partial charge in [0, 0.05) is 36.3 Å². The largest absolute Gasteiger partial charge is 0.353 e. The number of fused-ring (bicyclic) bond motifs is 2. The van der Waals surface area contributed by atoms with E-state index in [1.807, 2.05) is 12.2 Å². The average Bonchev–Trinajstić information content (AvgIpc) is 2.86. The maximum Gasteiger partial charge on any atom is 0.139 e. The summed E-state index contributed by atoms with van der Waals surface area (Å²) in [5, 5.41) is 5.67. The Morgan fingerprint density at radius 3 is 2.86 bits per heavy atom. The van der Waals surface area contributed by atoms with Gasteiger partial charge in [-0.2, -0.15) is 0 Å². The third-order valence-electron chi connectivity index (χ3n) is 3.15. The Hall–Kier alpha value is -1.56. The first kappa shape index (κ1) is 8.34. The summed E-state index contributed by atoms with van der Waals surface area (Å²) in [5.41, 5.74) is 1.42. The van der Waals surface area contributed by atoms with Crippen molar-refractivity contribution in [3.05, 3.63) is 40.8 Å². The Morgan fingerprint density at radius 1 is 1.27 bits per heavy atom. The molecular formula is C16H19ClN4S. The molecule has 6 heteroatoms. The molecule has 2 aliphatic rings. The minimum Gasteiger partial charge on any atom is -0.353 e. The van der Waals surface area contributed by atoms with Crippen LogP contribution in [0.15, 0.2) is 35.3 Å². The van der Waals surface area contributed by atoms with Gasteiger partial charge in [-0.3, -0.25) is 0 Å². The fraction of sp³-hybridized carbons (Fsp3) is 0.312. The Balaban J connectivity index is 0.00000256. The molecule has 4 rings (SSSR count). The zero-order valence-corrected chi connectivity index (χ0v) is 13.2. The van der Waals surface area contributed by atoms with E-state index in [1.165, 1.54) is 11.3 Å². The summed E-state index contributed by atoms with van der Waals surface area (Å²) in [4.78, 5) is 5.84. The summed E-state index contributed by atoms with van der Waals surface area (Å²) < 4.78 is 65.9. The van der Waals surface area contributed by atoms with Gasteiger partial charge in [0.1, 0.15) is 10.8 Å². The molecule has 0 bridgehead atoms. The monoisotopic (exact) mass is 342 g/mol. The van der Waals surface area contributed by atoms with Crippen molar-refractivity contribution < 1.29 is 11.0 Å². The number of rotatable bonds is 0. The maximum atomic E-state index is 8.41. The third-order valence-corrected chi connectivity index (χ3v) is 4.11. The number of nitrogens with one attached hydrogen (secondary N) is 2. The number of piperazine rings is 1. The van der Waals surface area contributed by atoms with Crippen molar-refractivity contribution in [3.8, 4) is 0 Å². The highest BCUT2D eigenvalue weighted by atomic mass is 35.5. The van der Waals surface area contributed by atoms with E-state index in [0.29, 0.717) is 26.8 Å². The molecule has 0 amide bonds.